The van der Waals surface area contributed by atoms with Crippen LogP contribution in [-0.4, -0.2) is 42.7 Å². The molecule has 2 aliphatic rings. The topological polar surface area (TPSA) is 95.7 Å². The van der Waals surface area contributed by atoms with Crippen LogP contribution in [0.1, 0.15) is 50.4 Å². The number of amides is 1. The summed E-state index contributed by atoms with van der Waals surface area (Å²) in [6.07, 6.45) is -4.13. The van der Waals surface area contributed by atoms with Gasteiger partial charge in [-0.1, -0.05) is 20.8 Å². The van der Waals surface area contributed by atoms with Crippen molar-refractivity contribution in [2.75, 3.05) is 29.9 Å². The Kier molecular flexibility index (Phi) is 6.42. The molecule has 1 aromatic rings. The number of rotatable bonds is 6. The van der Waals surface area contributed by atoms with Gasteiger partial charge in [-0.25, -0.2) is 0 Å². The SMILES string of the molecule is CCC1=C(C(F)(F)F)C2=C(CC(C)(C)CC2=O)N(c2ccc(C(N)=O)c(NCCO)c2)C1. The Bertz CT molecular complexity index is 1010. The fraction of sp³-hybridized carbons (Fsp3) is 0.478. The number of aliphatic hydroxyl groups is 1. The van der Waals surface area contributed by atoms with Crippen LogP contribution in [0.4, 0.5) is 24.5 Å². The van der Waals surface area contributed by atoms with Crippen LogP contribution in [0.5, 0.6) is 0 Å². The molecule has 0 bridgehead atoms. The van der Waals surface area contributed by atoms with E-state index in [9.17, 15) is 22.8 Å². The van der Waals surface area contributed by atoms with E-state index in [0.29, 0.717) is 23.5 Å². The van der Waals surface area contributed by atoms with E-state index in [1.807, 2.05) is 13.8 Å². The average Bonchev–Trinajstić information content (AvgIpc) is 2.69. The van der Waals surface area contributed by atoms with Crippen molar-refractivity contribution >= 4 is 23.1 Å². The second-order valence-electron chi connectivity index (χ2n) is 8.92. The number of alkyl halides is 3. The number of aliphatic hydroxyl groups excluding tert-OH is 1. The molecule has 0 radical (unpaired) electrons. The molecule has 6 nitrogen and oxygen atoms in total. The second-order valence-corrected chi connectivity index (χ2v) is 8.92. The number of anilines is 2. The highest BCUT2D eigenvalue weighted by molar-refractivity contribution is 6.04. The number of halogens is 3. The maximum atomic E-state index is 14.0. The van der Waals surface area contributed by atoms with Crippen molar-refractivity contribution in [1.82, 2.24) is 0 Å². The molecule has 32 heavy (non-hydrogen) atoms. The monoisotopic (exact) mass is 451 g/mol. The van der Waals surface area contributed by atoms with Gasteiger partial charge in [0.05, 0.1) is 17.7 Å². The van der Waals surface area contributed by atoms with Gasteiger partial charge in [-0.2, -0.15) is 13.2 Å². The number of primary amides is 1. The van der Waals surface area contributed by atoms with Gasteiger partial charge in [-0.05, 0) is 42.0 Å². The fourth-order valence-electron chi connectivity index (χ4n) is 4.47. The number of nitrogens with two attached hydrogens (primary N) is 1. The Morgan fingerprint density at radius 3 is 2.53 bits per heavy atom. The van der Waals surface area contributed by atoms with Crippen molar-refractivity contribution in [1.29, 1.82) is 0 Å². The summed E-state index contributed by atoms with van der Waals surface area (Å²) in [5, 5.41) is 12.1. The summed E-state index contributed by atoms with van der Waals surface area (Å²) < 4.78 is 42.1. The minimum atomic E-state index is -4.63. The Balaban J connectivity index is 2.20. The zero-order chi connectivity index (χ0) is 23.8. The minimum absolute atomic E-state index is 0.0110. The zero-order valence-electron chi connectivity index (χ0n) is 18.4. The van der Waals surface area contributed by atoms with Crippen molar-refractivity contribution < 1.29 is 27.9 Å². The molecule has 174 valence electrons. The van der Waals surface area contributed by atoms with Crippen molar-refractivity contribution in [3.05, 3.63) is 46.2 Å². The van der Waals surface area contributed by atoms with Gasteiger partial charge in [-0.15, -0.1) is 0 Å². The highest BCUT2D eigenvalue weighted by Gasteiger charge is 2.48. The first kappa shape index (κ1) is 23.8. The van der Waals surface area contributed by atoms with E-state index >= 15 is 0 Å². The Morgan fingerprint density at radius 2 is 1.97 bits per heavy atom. The molecule has 0 fully saturated rings. The van der Waals surface area contributed by atoms with E-state index in [1.165, 1.54) is 6.07 Å². The van der Waals surface area contributed by atoms with E-state index in [2.05, 4.69) is 5.32 Å². The lowest BCUT2D eigenvalue weighted by Crippen LogP contribution is -2.41. The van der Waals surface area contributed by atoms with Gasteiger partial charge < -0.3 is 21.1 Å². The lowest BCUT2D eigenvalue weighted by Gasteiger charge is -2.43. The summed E-state index contributed by atoms with van der Waals surface area (Å²) in [4.78, 5) is 26.5. The van der Waals surface area contributed by atoms with Crippen LogP contribution >= 0.6 is 0 Å². The number of Topliss-reactive ketones (excluding diaryl/α,β-unsaturated/α-hetero) is 1. The lowest BCUT2D eigenvalue weighted by atomic mass is 9.71. The summed E-state index contributed by atoms with van der Waals surface area (Å²) in [5.41, 5.74) is 5.51. The van der Waals surface area contributed by atoms with Gasteiger partial charge in [0.1, 0.15) is 0 Å². The summed E-state index contributed by atoms with van der Waals surface area (Å²) in [6, 6.07) is 4.74. The smallest absolute Gasteiger partial charge is 0.395 e. The van der Waals surface area contributed by atoms with E-state index < -0.39 is 28.9 Å². The summed E-state index contributed by atoms with van der Waals surface area (Å²) in [6.45, 7) is 5.35. The van der Waals surface area contributed by atoms with Crippen LogP contribution in [0.15, 0.2) is 40.6 Å². The lowest BCUT2D eigenvalue weighted by molar-refractivity contribution is -0.120. The largest absolute Gasteiger partial charge is 0.417 e. The third-order valence-corrected chi connectivity index (χ3v) is 5.85. The van der Waals surface area contributed by atoms with Crippen molar-refractivity contribution in [2.45, 2.75) is 46.2 Å². The van der Waals surface area contributed by atoms with Crippen molar-refractivity contribution in [2.24, 2.45) is 11.1 Å². The summed E-state index contributed by atoms with van der Waals surface area (Å²) in [7, 11) is 0. The molecule has 1 heterocycles. The maximum absolute atomic E-state index is 14.0. The Labute approximate surface area is 185 Å². The number of allylic oxidation sites excluding steroid dienone is 3. The first-order chi connectivity index (χ1) is 14.9. The zero-order valence-corrected chi connectivity index (χ0v) is 18.4. The summed E-state index contributed by atoms with van der Waals surface area (Å²) in [5.74, 6) is -1.18. The van der Waals surface area contributed by atoms with Crippen LogP contribution < -0.4 is 16.0 Å². The van der Waals surface area contributed by atoms with E-state index in [-0.39, 0.29) is 49.2 Å². The predicted octanol–water partition coefficient (Wildman–Crippen LogP) is 3.92. The highest BCUT2D eigenvalue weighted by Crippen LogP contribution is 2.49. The van der Waals surface area contributed by atoms with E-state index in [4.69, 9.17) is 10.8 Å². The molecule has 0 atom stereocenters. The number of hydrogen-bond acceptors (Lipinski definition) is 5. The highest BCUT2D eigenvalue weighted by atomic mass is 19.4. The molecule has 1 amide bonds. The van der Waals surface area contributed by atoms with Gasteiger partial charge in [0.25, 0.3) is 5.91 Å². The fourth-order valence-corrected chi connectivity index (χ4v) is 4.47. The van der Waals surface area contributed by atoms with E-state index in [1.54, 1.807) is 24.0 Å². The molecule has 0 unspecified atom stereocenters. The van der Waals surface area contributed by atoms with E-state index in [0.717, 1.165) is 0 Å². The molecular formula is C23H28F3N3O3. The number of nitrogens with one attached hydrogen (secondary N) is 1. The van der Waals surface area contributed by atoms with Crippen LogP contribution in [0, 0.1) is 5.41 Å². The summed E-state index contributed by atoms with van der Waals surface area (Å²) >= 11 is 0. The second kappa shape index (κ2) is 8.61. The number of ketones is 1. The Morgan fingerprint density at radius 1 is 1.28 bits per heavy atom. The molecular weight excluding hydrogens is 423 g/mol. The van der Waals surface area contributed by atoms with Crippen LogP contribution in [0.2, 0.25) is 0 Å². The molecule has 0 spiro atoms. The maximum Gasteiger partial charge on any atom is 0.417 e. The third kappa shape index (κ3) is 4.53. The molecule has 1 aliphatic carbocycles. The number of nitrogens with zero attached hydrogens (tertiary/aromatic N) is 1. The number of benzene rings is 1. The molecule has 0 saturated heterocycles. The van der Waals surface area contributed by atoms with Gasteiger partial charge in [0.15, 0.2) is 5.78 Å². The molecule has 1 aromatic carbocycles. The van der Waals surface area contributed by atoms with Gasteiger partial charge in [-0.3, -0.25) is 9.59 Å². The molecule has 4 N–H and O–H groups in total. The van der Waals surface area contributed by atoms with Gasteiger partial charge >= 0.3 is 6.18 Å². The normalized spacial score (nSPS) is 18.7. The first-order valence-electron chi connectivity index (χ1n) is 10.5. The first-order valence-corrected chi connectivity index (χ1v) is 10.5. The van der Waals surface area contributed by atoms with Crippen LogP contribution in [0.3, 0.4) is 0 Å². The quantitative estimate of drug-likeness (QED) is 0.609. The van der Waals surface area contributed by atoms with Gasteiger partial charge in [0, 0.05) is 42.2 Å². The molecule has 0 aromatic heterocycles. The van der Waals surface area contributed by atoms with Crippen molar-refractivity contribution in [3.8, 4) is 0 Å². The molecule has 0 saturated carbocycles. The third-order valence-electron chi connectivity index (χ3n) is 5.85. The standard InChI is InChI=1S/C23H28F3N3O3/c1-4-13-12-29(14-5-6-15(21(27)32)16(9-14)28-7-8-30)17-10-22(2,3)11-18(31)19(17)20(13)23(24,25)26/h5-6,9,28,30H,4,7-8,10-12H2,1-3H3,(H2,27,32). The van der Waals surface area contributed by atoms with Crippen LogP contribution in [0.25, 0.3) is 0 Å². The number of carbonyl (C=O) groups is 2. The van der Waals surface area contributed by atoms with Crippen molar-refractivity contribution in [3.63, 3.8) is 0 Å². The number of hydrogen-bond donors (Lipinski definition) is 3. The molecule has 9 heteroatoms. The minimum Gasteiger partial charge on any atom is -0.395 e. The molecule has 1 aliphatic heterocycles. The van der Waals surface area contributed by atoms with Gasteiger partial charge in [0.2, 0.25) is 0 Å². The predicted molar refractivity (Wildman–Crippen MR) is 116 cm³/mol. The molecule has 3 rings (SSSR count). The number of carbonyl (C=O) groups excluding carboxylic acids is 2. The van der Waals surface area contributed by atoms with Crippen LogP contribution in [-0.2, 0) is 4.79 Å². The average molecular weight is 451 g/mol. The Hall–Kier alpha value is -2.81.